The number of fused-ring (bicyclic) bond motifs is 2. The van der Waals surface area contributed by atoms with Gasteiger partial charge in [-0.25, -0.2) is 19.2 Å². The average molecular weight is 686 g/mol. The van der Waals surface area contributed by atoms with E-state index in [-0.39, 0.29) is 11.3 Å². The van der Waals surface area contributed by atoms with Crippen molar-refractivity contribution in [3.8, 4) is 28.1 Å². The molecule has 266 valence electrons. The minimum absolute atomic E-state index is 0.111. The second-order valence-corrected chi connectivity index (χ2v) is 15.3. The zero-order valence-electron chi connectivity index (χ0n) is 30.2. The molecule has 6 heterocycles. The van der Waals surface area contributed by atoms with Gasteiger partial charge in [0.1, 0.15) is 11.5 Å². The number of pyridine rings is 2. The molecule has 4 aromatic rings. The summed E-state index contributed by atoms with van der Waals surface area (Å²) >= 11 is 0. The number of aliphatic carboxylic acids is 1. The number of nitrogens with zero attached hydrogens (tertiary/aromatic N) is 5. The standard InChI is InChI=1S/C39H48FN5O5/c1-23-26-10-8-17-49-34(26)29(40)19-27(23)33-28-20-30(43(7)36(28)42-24(2)32(33)35(37(46)47)50-38(3,4)5)25-11-12-41-31(18-25)44-13-9-14-45(16-15-44)39(6)21-48-22-39/h11-12,18-20,35H,8-10,13-17,21-22H2,1-7H3,(H,46,47)/t35-/m0/s1. The van der Waals surface area contributed by atoms with Gasteiger partial charge in [-0.2, -0.15) is 0 Å². The maximum absolute atomic E-state index is 15.9. The summed E-state index contributed by atoms with van der Waals surface area (Å²) in [5.41, 5.74) is 5.72. The Kier molecular flexibility index (Phi) is 8.89. The lowest BCUT2D eigenvalue weighted by atomic mass is 9.86. The molecule has 0 amide bonds. The Morgan fingerprint density at radius 2 is 1.88 bits per heavy atom. The van der Waals surface area contributed by atoms with Gasteiger partial charge in [-0.3, -0.25) is 4.90 Å². The first-order valence-electron chi connectivity index (χ1n) is 17.7. The molecule has 7 rings (SSSR count). The topological polar surface area (TPSA) is 102 Å². The number of benzene rings is 1. The predicted molar refractivity (Wildman–Crippen MR) is 191 cm³/mol. The summed E-state index contributed by atoms with van der Waals surface area (Å²) in [5, 5.41) is 11.3. The molecule has 3 aromatic heterocycles. The van der Waals surface area contributed by atoms with Gasteiger partial charge in [-0.05, 0) is 96.2 Å². The van der Waals surface area contributed by atoms with E-state index in [2.05, 4.69) is 22.8 Å². The van der Waals surface area contributed by atoms with Crippen molar-refractivity contribution < 1.29 is 28.5 Å². The summed E-state index contributed by atoms with van der Waals surface area (Å²) in [5.74, 6) is -0.393. The molecule has 2 saturated heterocycles. The quantitative estimate of drug-likeness (QED) is 0.230. The number of rotatable bonds is 7. The van der Waals surface area contributed by atoms with Crippen LogP contribution in [-0.4, -0.2) is 87.7 Å². The number of carboxylic acid groups (broad SMARTS) is 1. The smallest absolute Gasteiger partial charge is 0.337 e. The molecule has 10 nitrogen and oxygen atoms in total. The lowest BCUT2D eigenvalue weighted by Crippen LogP contribution is -2.60. The molecular weight excluding hydrogens is 637 g/mol. The summed E-state index contributed by atoms with van der Waals surface area (Å²) in [7, 11) is 1.97. The van der Waals surface area contributed by atoms with E-state index in [1.807, 2.05) is 64.6 Å². The number of carboxylic acids is 1. The third-order valence-electron chi connectivity index (χ3n) is 10.5. The van der Waals surface area contributed by atoms with E-state index in [9.17, 15) is 9.90 Å². The van der Waals surface area contributed by atoms with Crippen molar-refractivity contribution in [3.63, 3.8) is 0 Å². The van der Waals surface area contributed by atoms with Crippen LogP contribution in [0.4, 0.5) is 10.2 Å². The normalized spacial score (nSPS) is 18.7. The van der Waals surface area contributed by atoms with E-state index in [1.165, 1.54) is 6.07 Å². The lowest BCUT2D eigenvalue weighted by Gasteiger charge is -2.47. The molecule has 11 heteroatoms. The summed E-state index contributed by atoms with van der Waals surface area (Å²) in [6.07, 6.45) is 3.01. The molecule has 0 bridgehead atoms. The monoisotopic (exact) mass is 685 g/mol. The average Bonchev–Trinajstić information content (AvgIpc) is 3.21. The Morgan fingerprint density at radius 1 is 1.10 bits per heavy atom. The summed E-state index contributed by atoms with van der Waals surface area (Å²) < 4.78 is 35.4. The van der Waals surface area contributed by atoms with Gasteiger partial charge in [0.25, 0.3) is 0 Å². The number of ether oxygens (including phenoxy) is 3. The van der Waals surface area contributed by atoms with Crippen molar-refractivity contribution in [1.29, 1.82) is 0 Å². The fourth-order valence-electron chi connectivity index (χ4n) is 7.87. The third-order valence-corrected chi connectivity index (χ3v) is 10.5. The van der Waals surface area contributed by atoms with Crippen molar-refractivity contribution in [1.82, 2.24) is 19.4 Å². The molecule has 1 N–H and O–H groups in total. The van der Waals surface area contributed by atoms with Crippen LogP contribution in [0.5, 0.6) is 5.75 Å². The molecule has 0 radical (unpaired) electrons. The van der Waals surface area contributed by atoms with E-state index in [0.29, 0.717) is 41.1 Å². The van der Waals surface area contributed by atoms with E-state index in [4.69, 9.17) is 24.2 Å². The van der Waals surface area contributed by atoms with Crippen molar-refractivity contribution >= 4 is 22.8 Å². The molecule has 50 heavy (non-hydrogen) atoms. The maximum atomic E-state index is 15.9. The number of hydrogen-bond acceptors (Lipinski definition) is 8. The van der Waals surface area contributed by atoms with Gasteiger partial charge in [0, 0.05) is 72.8 Å². The highest BCUT2D eigenvalue weighted by molar-refractivity contribution is 6.01. The first kappa shape index (κ1) is 34.4. The van der Waals surface area contributed by atoms with E-state index in [1.54, 1.807) is 0 Å². The van der Waals surface area contributed by atoms with Gasteiger partial charge in [-0.1, -0.05) is 0 Å². The lowest BCUT2D eigenvalue weighted by molar-refractivity contribution is -0.160. The fraction of sp³-hybridized carbons (Fsp3) is 0.513. The number of halogens is 1. The summed E-state index contributed by atoms with van der Waals surface area (Å²) in [6.45, 7) is 17.3. The highest BCUT2D eigenvalue weighted by Gasteiger charge is 2.40. The maximum Gasteiger partial charge on any atom is 0.337 e. The Bertz CT molecular complexity index is 1960. The van der Waals surface area contributed by atoms with Crippen molar-refractivity contribution in [2.24, 2.45) is 7.05 Å². The van der Waals surface area contributed by atoms with E-state index >= 15 is 4.39 Å². The Balaban J connectivity index is 1.38. The number of anilines is 1. The van der Waals surface area contributed by atoms with Crippen LogP contribution in [0.2, 0.25) is 0 Å². The van der Waals surface area contributed by atoms with Crippen LogP contribution >= 0.6 is 0 Å². The van der Waals surface area contributed by atoms with Crippen LogP contribution < -0.4 is 9.64 Å². The van der Waals surface area contributed by atoms with Gasteiger partial charge >= 0.3 is 5.97 Å². The highest BCUT2D eigenvalue weighted by Crippen LogP contribution is 2.45. The van der Waals surface area contributed by atoms with Gasteiger partial charge in [0.2, 0.25) is 0 Å². The summed E-state index contributed by atoms with van der Waals surface area (Å²) in [4.78, 5) is 27.7. The van der Waals surface area contributed by atoms with Crippen LogP contribution in [0, 0.1) is 19.7 Å². The number of aryl methyl sites for hydroxylation is 2. The first-order valence-corrected chi connectivity index (χ1v) is 17.7. The highest BCUT2D eigenvalue weighted by atomic mass is 19.1. The summed E-state index contributed by atoms with van der Waals surface area (Å²) in [6, 6.07) is 7.65. The molecule has 0 spiro atoms. The Morgan fingerprint density at radius 3 is 2.58 bits per heavy atom. The predicted octanol–water partition coefficient (Wildman–Crippen LogP) is 6.63. The molecule has 1 atom stereocenters. The molecule has 0 unspecified atom stereocenters. The van der Waals surface area contributed by atoms with Crippen LogP contribution in [0.1, 0.15) is 69.0 Å². The number of aromatic nitrogens is 3. The van der Waals surface area contributed by atoms with Crippen LogP contribution in [0.15, 0.2) is 30.5 Å². The molecule has 0 aliphatic carbocycles. The van der Waals surface area contributed by atoms with Crippen molar-refractivity contribution in [2.75, 3.05) is 50.9 Å². The van der Waals surface area contributed by atoms with Crippen LogP contribution in [0.25, 0.3) is 33.4 Å². The number of hydrogen-bond donors (Lipinski definition) is 1. The molecule has 3 aliphatic rings. The molecule has 1 aromatic carbocycles. The van der Waals surface area contributed by atoms with Gasteiger partial charge in [-0.15, -0.1) is 0 Å². The van der Waals surface area contributed by atoms with Crippen LogP contribution in [-0.2, 0) is 27.7 Å². The van der Waals surface area contributed by atoms with Gasteiger partial charge in [0.15, 0.2) is 17.7 Å². The van der Waals surface area contributed by atoms with Crippen molar-refractivity contribution in [3.05, 3.63) is 58.7 Å². The zero-order valence-corrected chi connectivity index (χ0v) is 30.2. The largest absolute Gasteiger partial charge is 0.490 e. The second-order valence-electron chi connectivity index (χ2n) is 15.3. The fourth-order valence-corrected chi connectivity index (χ4v) is 7.87. The van der Waals surface area contributed by atoms with E-state index < -0.39 is 23.5 Å². The van der Waals surface area contributed by atoms with Crippen molar-refractivity contribution in [2.45, 2.75) is 78.0 Å². The SMILES string of the molecule is Cc1nc2c(cc(-c3ccnc(N4CCCN(C5(C)COC5)CC4)c3)n2C)c(-c2cc(F)c3c(c2C)CCCO3)c1[C@H](OC(C)(C)C)C(=O)O. The Labute approximate surface area is 293 Å². The molecular formula is C39H48FN5O5. The second kappa shape index (κ2) is 12.9. The van der Waals surface area contributed by atoms with Crippen LogP contribution in [0.3, 0.4) is 0 Å². The number of carbonyl (C=O) groups is 1. The first-order chi connectivity index (χ1) is 23.8. The third kappa shape index (κ3) is 6.13. The Hall–Kier alpha value is -4.06. The molecule has 2 fully saturated rings. The van der Waals surface area contributed by atoms with Gasteiger partial charge < -0.3 is 28.8 Å². The molecule has 3 aliphatic heterocycles. The zero-order chi connectivity index (χ0) is 35.5. The van der Waals surface area contributed by atoms with Gasteiger partial charge in [0.05, 0.1) is 36.7 Å². The minimum Gasteiger partial charge on any atom is -0.490 e. The minimum atomic E-state index is -1.33. The molecule has 0 saturated carbocycles. The van der Waals surface area contributed by atoms with E-state index in [0.717, 1.165) is 85.8 Å².